The van der Waals surface area contributed by atoms with Crippen molar-refractivity contribution in [2.24, 2.45) is 0 Å². The molecule has 7 nitrogen and oxygen atoms in total. The van der Waals surface area contributed by atoms with E-state index in [0.717, 1.165) is 22.6 Å². The summed E-state index contributed by atoms with van der Waals surface area (Å²) < 4.78 is 12.3. The van der Waals surface area contributed by atoms with Gasteiger partial charge in [-0.2, -0.15) is 5.10 Å². The predicted octanol–water partition coefficient (Wildman–Crippen LogP) is 2.28. The van der Waals surface area contributed by atoms with Gasteiger partial charge in [0.25, 0.3) is 0 Å². The van der Waals surface area contributed by atoms with Crippen LogP contribution < -0.4 is 9.47 Å². The van der Waals surface area contributed by atoms with E-state index in [-0.39, 0.29) is 0 Å². The summed E-state index contributed by atoms with van der Waals surface area (Å²) in [5.74, 6) is 0.715. The van der Waals surface area contributed by atoms with E-state index in [2.05, 4.69) is 10.00 Å². The number of aliphatic carboxylic acids is 1. The highest BCUT2D eigenvalue weighted by Crippen LogP contribution is 2.32. The third kappa shape index (κ3) is 3.39. The minimum absolute atomic E-state index is 0.516. The van der Waals surface area contributed by atoms with Crippen molar-refractivity contribution in [3.8, 4) is 11.5 Å². The molecule has 0 bridgehead atoms. The van der Waals surface area contributed by atoms with Gasteiger partial charge in [0.15, 0.2) is 5.54 Å². The maximum Gasteiger partial charge on any atom is 0.331 e. The van der Waals surface area contributed by atoms with Crippen molar-refractivity contribution in [3.63, 3.8) is 0 Å². The van der Waals surface area contributed by atoms with E-state index in [4.69, 9.17) is 9.47 Å². The summed E-state index contributed by atoms with van der Waals surface area (Å²) in [6.45, 7) is 3.99. The van der Waals surface area contributed by atoms with Gasteiger partial charge < -0.3 is 14.6 Å². The molecule has 1 N–H and O–H groups in total. The number of nitrogens with zero attached hydrogens (tertiary/aromatic N) is 3. The third-order valence-corrected chi connectivity index (χ3v) is 5.12. The Morgan fingerprint density at radius 1 is 1.27 bits per heavy atom. The molecule has 1 saturated heterocycles. The molecule has 1 fully saturated rings. The van der Waals surface area contributed by atoms with Crippen molar-refractivity contribution >= 4 is 5.97 Å². The molecule has 2 heterocycles. The summed E-state index contributed by atoms with van der Waals surface area (Å²) in [5, 5.41) is 14.1. The average molecular weight is 359 g/mol. The number of methoxy groups -OCH3 is 2. The van der Waals surface area contributed by atoms with Crippen molar-refractivity contribution in [2.75, 3.05) is 27.3 Å². The zero-order chi connectivity index (χ0) is 18.7. The van der Waals surface area contributed by atoms with Gasteiger partial charge in [0, 0.05) is 37.5 Å². The first-order valence-electron chi connectivity index (χ1n) is 8.67. The molecular weight excluding hydrogens is 334 g/mol. The largest absolute Gasteiger partial charge is 0.497 e. The lowest BCUT2D eigenvalue weighted by Gasteiger charge is -2.39. The van der Waals surface area contributed by atoms with Crippen LogP contribution in [0.25, 0.3) is 0 Å². The quantitative estimate of drug-likeness (QED) is 0.853. The van der Waals surface area contributed by atoms with Gasteiger partial charge in [-0.1, -0.05) is 6.07 Å². The summed E-state index contributed by atoms with van der Waals surface area (Å²) in [5.41, 5.74) is 1.07. The monoisotopic (exact) mass is 359 g/mol. The molecule has 2 aromatic rings. The molecule has 0 radical (unpaired) electrons. The molecule has 140 valence electrons. The Morgan fingerprint density at radius 2 is 2.00 bits per heavy atom. The second-order valence-electron chi connectivity index (χ2n) is 6.75. The number of ether oxygens (including phenoxy) is 2. The highest BCUT2D eigenvalue weighted by Gasteiger charge is 2.44. The highest BCUT2D eigenvalue weighted by molar-refractivity contribution is 5.76. The normalized spacial score (nSPS) is 17.0. The van der Waals surface area contributed by atoms with Gasteiger partial charge in [-0.15, -0.1) is 0 Å². The molecule has 0 spiro atoms. The Morgan fingerprint density at radius 3 is 2.54 bits per heavy atom. The summed E-state index contributed by atoms with van der Waals surface area (Å²) in [6.07, 6.45) is 4.55. The topological polar surface area (TPSA) is 76.8 Å². The van der Waals surface area contributed by atoms with Crippen LogP contribution in [0.15, 0.2) is 30.6 Å². The molecule has 0 amide bonds. The Balaban J connectivity index is 1.73. The van der Waals surface area contributed by atoms with Crippen molar-refractivity contribution < 1.29 is 19.4 Å². The molecule has 1 aromatic carbocycles. The maximum absolute atomic E-state index is 12.0. The number of piperidine rings is 1. The summed E-state index contributed by atoms with van der Waals surface area (Å²) in [6, 6.07) is 5.77. The van der Waals surface area contributed by atoms with Crippen molar-refractivity contribution in [1.82, 2.24) is 14.7 Å². The molecule has 0 atom stereocenters. The molecular formula is C19H25N3O4. The third-order valence-electron chi connectivity index (χ3n) is 5.12. The second-order valence-corrected chi connectivity index (χ2v) is 6.75. The smallest absolute Gasteiger partial charge is 0.331 e. The predicted molar refractivity (Wildman–Crippen MR) is 96.6 cm³/mol. The van der Waals surface area contributed by atoms with Gasteiger partial charge in [0.1, 0.15) is 11.5 Å². The van der Waals surface area contributed by atoms with Crippen LogP contribution in [0, 0.1) is 6.92 Å². The Labute approximate surface area is 153 Å². The van der Waals surface area contributed by atoms with Gasteiger partial charge in [-0.25, -0.2) is 4.79 Å². The molecule has 0 aliphatic carbocycles. The Bertz CT molecular complexity index is 779. The van der Waals surface area contributed by atoms with E-state index in [0.29, 0.717) is 32.5 Å². The van der Waals surface area contributed by atoms with Crippen LogP contribution in [0.4, 0.5) is 0 Å². The van der Waals surface area contributed by atoms with E-state index >= 15 is 0 Å². The van der Waals surface area contributed by atoms with Crippen LogP contribution in [-0.2, 0) is 16.9 Å². The van der Waals surface area contributed by atoms with Gasteiger partial charge in [0.05, 0.1) is 20.4 Å². The van der Waals surface area contributed by atoms with E-state index < -0.39 is 11.5 Å². The minimum Gasteiger partial charge on any atom is -0.497 e. The fourth-order valence-electron chi connectivity index (χ4n) is 3.49. The Kier molecular flexibility index (Phi) is 5.18. The zero-order valence-electron chi connectivity index (χ0n) is 15.4. The molecule has 1 aliphatic heterocycles. The number of hydrogen-bond donors (Lipinski definition) is 1. The lowest BCUT2D eigenvalue weighted by Crippen LogP contribution is -2.51. The first kappa shape index (κ1) is 18.3. The fourth-order valence-corrected chi connectivity index (χ4v) is 3.49. The zero-order valence-corrected chi connectivity index (χ0v) is 15.4. The van der Waals surface area contributed by atoms with Crippen molar-refractivity contribution in [2.45, 2.75) is 31.8 Å². The lowest BCUT2D eigenvalue weighted by atomic mass is 9.87. The van der Waals surface area contributed by atoms with Gasteiger partial charge in [-0.3, -0.25) is 9.58 Å². The number of aromatic nitrogens is 2. The second kappa shape index (κ2) is 7.37. The van der Waals surface area contributed by atoms with Gasteiger partial charge in [0.2, 0.25) is 0 Å². The number of likely N-dealkylation sites (tertiary alicyclic amines) is 1. The minimum atomic E-state index is -0.964. The Hall–Kier alpha value is -2.54. The van der Waals surface area contributed by atoms with Crippen LogP contribution in [0.2, 0.25) is 0 Å². The number of carboxylic acid groups (broad SMARTS) is 1. The van der Waals surface area contributed by atoms with E-state index in [1.54, 1.807) is 25.1 Å². The molecule has 3 rings (SSSR count). The average Bonchev–Trinajstić information content (AvgIpc) is 3.09. The molecule has 0 saturated carbocycles. The van der Waals surface area contributed by atoms with E-state index in [1.807, 2.05) is 31.3 Å². The number of carbonyl (C=O) groups is 1. The number of hydrogen-bond acceptors (Lipinski definition) is 5. The number of carboxylic acids is 1. The van der Waals surface area contributed by atoms with E-state index in [1.165, 1.54) is 0 Å². The number of rotatable bonds is 6. The number of aryl methyl sites for hydroxylation is 1. The molecule has 1 aromatic heterocycles. The van der Waals surface area contributed by atoms with Crippen LogP contribution >= 0.6 is 0 Å². The SMILES string of the molecule is COc1ccc(CN2CCC(C(=O)O)(n3cc(C)cn3)CC2)c(OC)c1. The maximum atomic E-state index is 12.0. The molecule has 1 aliphatic rings. The van der Waals surface area contributed by atoms with Crippen molar-refractivity contribution in [3.05, 3.63) is 41.7 Å². The van der Waals surface area contributed by atoms with Crippen LogP contribution in [0.3, 0.4) is 0 Å². The standard InChI is InChI=1S/C19H25N3O4/c1-14-11-20-22(12-14)19(18(23)24)6-8-21(9-7-19)13-15-4-5-16(25-2)10-17(15)26-3/h4-5,10-12H,6-9,13H2,1-3H3,(H,23,24). The van der Waals surface area contributed by atoms with Gasteiger partial charge in [-0.05, 0) is 31.4 Å². The van der Waals surface area contributed by atoms with E-state index in [9.17, 15) is 9.90 Å². The first-order chi connectivity index (χ1) is 12.5. The fraction of sp³-hybridized carbons (Fsp3) is 0.474. The summed E-state index contributed by atoms with van der Waals surface area (Å²) in [4.78, 5) is 14.3. The molecule has 0 unspecified atom stereocenters. The highest BCUT2D eigenvalue weighted by atomic mass is 16.5. The number of benzene rings is 1. The van der Waals surface area contributed by atoms with Crippen LogP contribution in [0.5, 0.6) is 11.5 Å². The lowest BCUT2D eigenvalue weighted by molar-refractivity contribution is -0.151. The molecule has 26 heavy (non-hydrogen) atoms. The van der Waals surface area contributed by atoms with Crippen molar-refractivity contribution in [1.29, 1.82) is 0 Å². The van der Waals surface area contributed by atoms with Crippen LogP contribution in [0.1, 0.15) is 24.0 Å². The summed E-state index contributed by atoms with van der Waals surface area (Å²) >= 11 is 0. The first-order valence-corrected chi connectivity index (χ1v) is 8.67. The van der Waals surface area contributed by atoms with Crippen LogP contribution in [-0.4, -0.2) is 53.1 Å². The van der Waals surface area contributed by atoms with Gasteiger partial charge >= 0.3 is 5.97 Å². The summed E-state index contributed by atoms with van der Waals surface area (Å²) in [7, 11) is 3.27. The molecule has 7 heteroatoms.